The van der Waals surface area contributed by atoms with Crippen molar-refractivity contribution in [3.05, 3.63) is 59.8 Å². The van der Waals surface area contributed by atoms with Crippen molar-refractivity contribution in [2.24, 2.45) is 0 Å². The number of aromatic nitrogens is 1. The summed E-state index contributed by atoms with van der Waals surface area (Å²) in [4.78, 5) is 50.7. The molecule has 4 amide bonds. The van der Waals surface area contributed by atoms with Crippen LogP contribution in [0.2, 0.25) is 0 Å². The first kappa shape index (κ1) is 20.3. The molecule has 2 aliphatic heterocycles. The number of carboxylic acid groups (broad SMARTS) is 1. The largest absolute Gasteiger partial charge is 0.480 e. The molecular formula is C23H17N3O7. The number of para-hydroxylation sites is 1. The highest BCUT2D eigenvalue weighted by Gasteiger charge is 2.37. The normalized spacial score (nSPS) is 17.5. The molecule has 1 aromatic heterocycles. The minimum absolute atomic E-state index is 0.0292. The van der Waals surface area contributed by atoms with Crippen LogP contribution in [0.25, 0.3) is 17.0 Å². The zero-order chi connectivity index (χ0) is 23.3. The number of benzene rings is 2. The van der Waals surface area contributed by atoms with Gasteiger partial charge in [0.1, 0.15) is 11.6 Å². The number of fused-ring (bicyclic) bond motifs is 2. The minimum atomic E-state index is -1.03. The van der Waals surface area contributed by atoms with E-state index in [1.54, 1.807) is 41.1 Å². The quantitative estimate of drug-likeness (QED) is 0.465. The van der Waals surface area contributed by atoms with Gasteiger partial charge in [0, 0.05) is 28.7 Å². The second-order valence-electron chi connectivity index (χ2n) is 7.52. The van der Waals surface area contributed by atoms with E-state index in [9.17, 15) is 24.3 Å². The van der Waals surface area contributed by atoms with Crippen LogP contribution in [0.5, 0.6) is 11.5 Å². The molecule has 3 heterocycles. The van der Waals surface area contributed by atoms with Crippen LogP contribution in [0.4, 0.5) is 10.5 Å². The van der Waals surface area contributed by atoms with Gasteiger partial charge in [0.05, 0.1) is 5.69 Å². The fraction of sp³-hybridized carbons (Fsp3) is 0.130. The Kier molecular flexibility index (Phi) is 4.63. The van der Waals surface area contributed by atoms with Crippen molar-refractivity contribution in [3.63, 3.8) is 0 Å². The number of carboxylic acids is 1. The number of imide groups is 2. The summed E-state index contributed by atoms with van der Waals surface area (Å²) >= 11 is 0. The van der Waals surface area contributed by atoms with Crippen molar-refractivity contribution in [2.75, 3.05) is 11.7 Å². The summed E-state index contributed by atoms with van der Waals surface area (Å²) in [6.07, 6.45) is 2.93. The van der Waals surface area contributed by atoms with Gasteiger partial charge < -0.3 is 19.1 Å². The molecule has 0 radical (unpaired) electrons. The Morgan fingerprint density at radius 2 is 1.88 bits per heavy atom. The Morgan fingerprint density at radius 1 is 1.12 bits per heavy atom. The number of carbonyl (C=O) groups is 4. The van der Waals surface area contributed by atoms with Crippen LogP contribution in [-0.2, 0) is 14.4 Å². The van der Waals surface area contributed by atoms with Gasteiger partial charge in [-0.3, -0.25) is 14.9 Å². The van der Waals surface area contributed by atoms with Gasteiger partial charge in [0.25, 0.3) is 11.8 Å². The molecule has 2 aromatic carbocycles. The fourth-order valence-corrected chi connectivity index (χ4v) is 3.86. The van der Waals surface area contributed by atoms with E-state index >= 15 is 0 Å². The van der Waals surface area contributed by atoms with Gasteiger partial charge in [0.15, 0.2) is 11.5 Å². The molecule has 1 saturated heterocycles. The molecule has 166 valence electrons. The molecule has 1 atom stereocenters. The third kappa shape index (κ3) is 3.28. The Hall–Kier alpha value is -4.60. The van der Waals surface area contributed by atoms with E-state index < -0.39 is 29.9 Å². The molecular weight excluding hydrogens is 430 g/mol. The van der Waals surface area contributed by atoms with Gasteiger partial charge in [-0.25, -0.2) is 14.5 Å². The van der Waals surface area contributed by atoms with Gasteiger partial charge in [-0.1, -0.05) is 18.2 Å². The molecule has 3 aromatic rings. The maximum Gasteiger partial charge on any atom is 0.335 e. The van der Waals surface area contributed by atoms with Crippen LogP contribution in [-0.4, -0.2) is 40.3 Å². The fourth-order valence-electron chi connectivity index (χ4n) is 3.86. The molecule has 0 saturated carbocycles. The van der Waals surface area contributed by atoms with Crippen LogP contribution < -0.4 is 19.7 Å². The first-order chi connectivity index (χ1) is 15.8. The van der Waals surface area contributed by atoms with E-state index in [-0.39, 0.29) is 18.1 Å². The molecule has 1 fully saturated rings. The topological polar surface area (TPSA) is 127 Å². The third-order valence-electron chi connectivity index (χ3n) is 5.56. The lowest BCUT2D eigenvalue weighted by molar-refractivity contribution is -0.140. The Labute approximate surface area is 186 Å². The standard InChI is InChI=1S/C23H17N3O7/c1-12(22(29)30)25-10-13(15-4-2-3-5-17(15)25)8-16-20(27)24-23(31)26(21(16)28)14-6-7-18-19(9-14)33-11-32-18/h2-10,12H,11H2,1H3,(H,29,30)(H,24,27,31)/b16-8-/t12-/m1/s1. The molecule has 0 unspecified atom stereocenters. The number of rotatable bonds is 4. The highest BCUT2D eigenvalue weighted by molar-refractivity contribution is 6.39. The number of hydrogen-bond acceptors (Lipinski definition) is 6. The van der Waals surface area contributed by atoms with Gasteiger partial charge in [-0.2, -0.15) is 0 Å². The number of anilines is 1. The average Bonchev–Trinajstić information content (AvgIpc) is 3.40. The lowest BCUT2D eigenvalue weighted by Gasteiger charge is -2.26. The predicted molar refractivity (Wildman–Crippen MR) is 116 cm³/mol. The van der Waals surface area contributed by atoms with E-state index in [1.165, 1.54) is 25.1 Å². The van der Waals surface area contributed by atoms with Crippen LogP contribution in [0, 0.1) is 0 Å². The predicted octanol–water partition coefficient (Wildman–Crippen LogP) is 2.68. The number of urea groups is 1. The summed E-state index contributed by atoms with van der Waals surface area (Å²) in [5.74, 6) is -1.83. The van der Waals surface area contributed by atoms with Crippen molar-refractivity contribution in [1.82, 2.24) is 9.88 Å². The molecule has 2 aliphatic rings. The molecule has 5 rings (SSSR count). The first-order valence-electron chi connectivity index (χ1n) is 9.98. The number of nitrogens with zero attached hydrogens (tertiary/aromatic N) is 2. The van der Waals surface area contributed by atoms with Crippen molar-refractivity contribution in [3.8, 4) is 11.5 Å². The van der Waals surface area contributed by atoms with Gasteiger partial charge >= 0.3 is 12.0 Å². The smallest absolute Gasteiger partial charge is 0.335 e. The number of amides is 4. The third-order valence-corrected chi connectivity index (χ3v) is 5.56. The Morgan fingerprint density at radius 3 is 2.67 bits per heavy atom. The summed E-state index contributed by atoms with van der Waals surface area (Å²) in [5.41, 5.74) is 1.05. The second kappa shape index (κ2) is 7.52. The maximum absolute atomic E-state index is 13.2. The van der Waals surface area contributed by atoms with Gasteiger partial charge in [0.2, 0.25) is 6.79 Å². The SMILES string of the molecule is C[C@H](C(=O)O)n1cc(/C=C2/C(=O)NC(=O)N(c3ccc4c(c3)OCO4)C2=O)c2ccccc21. The number of ether oxygens (including phenoxy) is 2. The second-order valence-corrected chi connectivity index (χ2v) is 7.52. The van der Waals surface area contributed by atoms with Crippen LogP contribution >= 0.6 is 0 Å². The molecule has 10 heteroatoms. The van der Waals surface area contributed by atoms with E-state index in [4.69, 9.17) is 9.47 Å². The first-order valence-corrected chi connectivity index (χ1v) is 9.98. The van der Waals surface area contributed by atoms with Crippen LogP contribution in [0.3, 0.4) is 0 Å². The highest BCUT2D eigenvalue weighted by Crippen LogP contribution is 2.36. The molecule has 10 nitrogen and oxygen atoms in total. The highest BCUT2D eigenvalue weighted by atomic mass is 16.7. The van der Waals surface area contributed by atoms with E-state index in [0.29, 0.717) is 28.0 Å². The van der Waals surface area contributed by atoms with Crippen molar-refractivity contribution < 1.29 is 33.8 Å². The number of nitrogens with one attached hydrogen (secondary N) is 1. The summed E-state index contributed by atoms with van der Waals surface area (Å²) < 4.78 is 12.1. The summed E-state index contributed by atoms with van der Waals surface area (Å²) in [6.45, 7) is 1.56. The number of barbiturate groups is 1. The monoisotopic (exact) mass is 447 g/mol. The van der Waals surface area contributed by atoms with Crippen molar-refractivity contribution >= 4 is 46.5 Å². The Bertz CT molecular complexity index is 1390. The van der Waals surface area contributed by atoms with E-state index in [2.05, 4.69) is 5.32 Å². The van der Waals surface area contributed by atoms with Crippen molar-refractivity contribution in [2.45, 2.75) is 13.0 Å². The molecule has 0 bridgehead atoms. The maximum atomic E-state index is 13.2. The van der Waals surface area contributed by atoms with Crippen molar-refractivity contribution in [1.29, 1.82) is 0 Å². The zero-order valence-electron chi connectivity index (χ0n) is 17.3. The lowest BCUT2D eigenvalue weighted by atomic mass is 10.1. The molecule has 0 aliphatic carbocycles. The minimum Gasteiger partial charge on any atom is -0.480 e. The molecule has 2 N–H and O–H groups in total. The Balaban J connectivity index is 1.59. The zero-order valence-corrected chi connectivity index (χ0v) is 17.3. The molecule has 33 heavy (non-hydrogen) atoms. The number of carbonyl (C=O) groups excluding carboxylic acids is 3. The van der Waals surface area contributed by atoms with E-state index in [0.717, 1.165) is 4.90 Å². The average molecular weight is 447 g/mol. The van der Waals surface area contributed by atoms with Crippen LogP contribution in [0.15, 0.2) is 54.2 Å². The van der Waals surface area contributed by atoms with Gasteiger partial charge in [-0.15, -0.1) is 0 Å². The lowest BCUT2D eigenvalue weighted by Crippen LogP contribution is -2.54. The van der Waals surface area contributed by atoms with Crippen LogP contribution in [0.1, 0.15) is 18.5 Å². The summed E-state index contributed by atoms with van der Waals surface area (Å²) in [6, 6.07) is 9.85. The number of aliphatic carboxylic acids is 1. The number of hydrogen-bond donors (Lipinski definition) is 2. The van der Waals surface area contributed by atoms with Gasteiger partial charge in [-0.05, 0) is 31.2 Å². The van der Waals surface area contributed by atoms with E-state index in [1.807, 2.05) is 0 Å². The molecule has 0 spiro atoms. The summed E-state index contributed by atoms with van der Waals surface area (Å²) in [7, 11) is 0. The summed E-state index contributed by atoms with van der Waals surface area (Å²) in [5, 5.41) is 12.3.